The predicted octanol–water partition coefficient (Wildman–Crippen LogP) is 4.48. The number of fused-ring (bicyclic) bond motifs is 1. The van der Waals surface area contributed by atoms with Crippen LogP contribution in [0.2, 0.25) is 0 Å². The molecule has 0 fully saturated rings. The summed E-state index contributed by atoms with van der Waals surface area (Å²) < 4.78 is 75.4. The average Bonchev–Trinajstić information content (AvgIpc) is 2.64. The SMILES string of the molecule is O=C(CC(F)(F)F)NCC1Cc2ncccc2N(c2ccc(C(F)(F)F)cc2)C1. The van der Waals surface area contributed by atoms with Gasteiger partial charge in [0.25, 0.3) is 0 Å². The van der Waals surface area contributed by atoms with E-state index in [-0.39, 0.29) is 12.5 Å². The third-order valence-corrected chi connectivity index (χ3v) is 4.54. The summed E-state index contributed by atoms with van der Waals surface area (Å²) in [6, 6.07) is 8.09. The number of carbonyl (C=O) groups is 1. The smallest absolute Gasteiger partial charge is 0.355 e. The van der Waals surface area contributed by atoms with Crippen molar-refractivity contribution in [2.45, 2.75) is 25.2 Å². The fourth-order valence-electron chi connectivity index (χ4n) is 3.24. The molecule has 1 aromatic carbocycles. The first-order valence-electron chi connectivity index (χ1n) is 8.75. The molecular formula is C19H17F6N3O. The summed E-state index contributed by atoms with van der Waals surface area (Å²) in [6.45, 7) is 0.318. The Morgan fingerprint density at radius 1 is 1.10 bits per heavy atom. The summed E-state index contributed by atoms with van der Waals surface area (Å²) in [4.78, 5) is 17.5. The van der Waals surface area contributed by atoms with E-state index in [0.29, 0.717) is 30.0 Å². The van der Waals surface area contributed by atoms with Crippen molar-refractivity contribution in [3.8, 4) is 0 Å². The molecule has 156 valence electrons. The fourth-order valence-corrected chi connectivity index (χ4v) is 3.24. The van der Waals surface area contributed by atoms with Crippen molar-refractivity contribution in [3.63, 3.8) is 0 Å². The Morgan fingerprint density at radius 3 is 2.41 bits per heavy atom. The largest absolute Gasteiger partial charge is 0.416 e. The second-order valence-electron chi connectivity index (χ2n) is 6.79. The van der Waals surface area contributed by atoms with Crippen LogP contribution < -0.4 is 10.2 Å². The van der Waals surface area contributed by atoms with Crippen LogP contribution in [0.5, 0.6) is 0 Å². The number of amides is 1. The van der Waals surface area contributed by atoms with Crippen LogP contribution in [0, 0.1) is 5.92 Å². The molecule has 1 aromatic heterocycles. The minimum absolute atomic E-state index is 0.00205. The molecule has 0 radical (unpaired) electrons. The third kappa shape index (κ3) is 5.39. The summed E-state index contributed by atoms with van der Waals surface area (Å²) in [5.41, 5.74) is 1.10. The van der Waals surface area contributed by atoms with Crippen molar-refractivity contribution < 1.29 is 31.1 Å². The van der Waals surface area contributed by atoms with E-state index < -0.39 is 30.2 Å². The maximum atomic E-state index is 12.8. The van der Waals surface area contributed by atoms with Gasteiger partial charge in [0.2, 0.25) is 5.91 Å². The van der Waals surface area contributed by atoms with Crippen LogP contribution in [0.1, 0.15) is 17.7 Å². The van der Waals surface area contributed by atoms with Gasteiger partial charge in [0.05, 0.1) is 16.9 Å². The van der Waals surface area contributed by atoms with Crippen LogP contribution in [-0.4, -0.2) is 30.2 Å². The van der Waals surface area contributed by atoms with Gasteiger partial charge in [0.15, 0.2) is 0 Å². The van der Waals surface area contributed by atoms with E-state index in [1.165, 1.54) is 12.1 Å². The van der Waals surface area contributed by atoms with Gasteiger partial charge in [-0.3, -0.25) is 9.78 Å². The molecule has 2 heterocycles. The molecule has 0 bridgehead atoms. The zero-order chi connectivity index (χ0) is 21.2. The highest BCUT2D eigenvalue weighted by atomic mass is 19.4. The van der Waals surface area contributed by atoms with E-state index in [0.717, 1.165) is 12.1 Å². The maximum absolute atomic E-state index is 12.8. The minimum Gasteiger partial charge on any atom is -0.355 e. The van der Waals surface area contributed by atoms with Gasteiger partial charge >= 0.3 is 12.4 Å². The highest BCUT2D eigenvalue weighted by Crippen LogP contribution is 2.36. The van der Waals surface area contributed by atoms with Crippen LogP contribution in [0.15, 0.2) is 42.6 Å². The van der Waals surface area contributed by atoms with Gasteiger partial charge in [0.1, 0.15) is 6.42 Å². The van der Waals surface area contributed by atoms with Crippen molar-refractivity contribution in [2.24, 2.45) is 5.92 Å². The number of nitrogens with zero attached hydrogens (tertiary/aromatic N) is 2. The van der Waals surface area contributed by atoms with Gasteiger partial charge in [-0.2, -0.15) is 26.3 Å². The molecule has 10 heteroatoms. The minimum atomic E-state index is -4.59. The van der Waals surface area contributed by atoms with Crippen molar-refractivity contribution in [3.05, 3.63) is 53.9 Å². The lowest BCUT2D eigenvalue weighted by molar-refractivity contribution is -0.153. The van der Waals surface area contributed by atoms with Crippen molar-refractivity contribution in [1.29, 1.82) is 0 Å². The highest BCUT2D eigenvalue weighted by Gasteiger charge is 2.33. The number of pyridine rings is 1. The van der Waals surface area contributed by atoms with E-state index in [2.05, 4.69) is 10.3 Å². The third-order valence-electron chi connectivity index (χ3n) is 4.54. The summed E-state index contributed by atoms with van der Waals surface area (Å²) >= 11 is 0. The number of hydrogen-bond donors (Lipinski definition) is 1. The first-order valence-corrected chi connectivity index (χ1v) is 8.75. The molecule has 1 unspecified atom stereocenters. The molecule has 1 amide bonds. The fraction of sp³-hybridized carbons (Fsp3) is 0.368. The molecule has 1 atom stereocenters. The quantitative estimate of drug-likeness (QED) is 0.747. The summed E-state index contributed by atoms with van der Waals surface area (Å²) in [7, 11) is 0. The van der Waals surface area contributed by atoms with Gasteiger partial charge < -0.3 is 10.2 Å². The van der Waals surface area contributed by atoms with Crippen LogP contribution in [0.4, 0.5) is 37.7 Å². The zero-order valence-corrected chi connectivity index (χ0v) is 15.0. The van der Waals surface area contributed by atoms with Crippen LogP contribution in [0.3, 0.4) is 0 Å². The summed E-state index contributed by atoms with van der Waals surface area (Å²) in [5.74, 6) is -1.37. The molecule has 4 nitrogen and oxygen atoms in total. The van der Waals surface area contributed by atoms with Crippen LogP contribution in [0.25, 0.3) is 0 Å². The Labute approximate surface area is 162 Å². The standard InChI is InChI=1S/C19H17F6N3O/c20-18(21,22)9-17(29)27-10-12-8-15-16(2-1-7-26-15)28(11-12)14-5-3-13(4-6-14)19(23,24)25/h1-7,12H,8-11H2,(H,27,29). The lowest BCUT2D eigenvalue weighted by Gasteiger charge is -2.35. The molecule has 1 aliphatic heterocycles. The number of hydrogen-bond acceptors (Lipinski definition) is 3. The molecule has 2 aromatic rings. The zero-order valence-electron chi connectivity index (χ0n) is 15.0. The summed E-state index contributed by atoms with van der Waals surface area (Å²) in [5, 5.41) is 2.28. The van der Waals surface area contributed by atoms with E-state index in [1.807, 2.05) is 0 Å². The predicted molar refractivity (Wildman–Crippen MR) is 93.6 cm³/mol. The Kier molecular flexibility index (Phi) is 5.72. The summed E-state index contributed by atoms with van der Waals surface area (Å²) in [6.07, 6.45) is -8.60. The topological polar surface area (TPSA) is 45.2 Å². The number of rotatable bonds is 4. The van der Waals surface area contributed by atoms with Gasteiger partial charge in [-0.1, -0.05) is 0 Å². The number of alkyl halides is 6. The number of anilines is 2. The first-order chi connectivity index (χ1) is 13.5. The monoisotopic (exact) mass is 417 g/mol. The lowest BCUT2D eigenvalue weighted by Crippen LogP contribution is -2.40. The Morgan fingerprint density at radius 2 is 1.79 bits per heavy atom. The Hall–Kier alpha value is -2.78. The highest BCUT2D eigenvalue weighted by molar-refractivity contribution is 5.76. The second-order valence-corrected chi connectivity index (χ2v) is 6.79. The number of aromatic nitrogens is 1. The average molecular weight is 417 g/mol. The molecule has 0 saturated heterocycles. The molecule has 1 aliphatic rings. The number of halogens is 6. The van der Waals surface area contributed by atoms with E-state index in [1.54, 1.807) is 23.2 Å². The first kappa shape index (κ1) is 20.9. The molecule has 0 spiro atoms. The molecule has 0 saturated carbocycles. The van der Waals surface area contributed by atoms with E-state index in [4.69, 9.17) is 0 Å². The van der Waals surface area contributed by atoms with Gasteiger partial charge in [-0.15, -0.1) is 0 Å². The number of benzene rings is 1. The van der Waals surface area contributed by atoms with Crippen molar-refractivity contribution >= 4 is 17.3 Å². The molecule has 29 heavy (non-hydrogen) atoms. The normalized spacial score (nSPS) is 17.0. The van der Waals surface area contributed by atoms with E-state index >= 15 is 0 Å². The molecule has 3 rings (SSSR count). The number of carbonyl (C=O) groups excluding carboxylic acids is 1. The molecular weight excluding hydrogens is 400 g/mol. The van der Waals surface area contributed by atoms with Gasteiger partial charge in [0, 0.05) is 25.0 Å². The Balaban J connectivity index is 1.77. The number of nitrogens with one attached hydrogen (secondary N) is 1. The second kappa shape index (κ2) is 7.92. The Bertz CT molecular complexity index is 863. The molecule has 1 N–H and O–H groups in total. The van der Waals surface area contributed by atoms with Crippen molar-refractivity contribution in [1.82, 2.24) is 10.3 Å². The van der Waals surface area contributed by atoms with Gasteiger partial charge in [-0.25, -0.2) is 0 Å². The van der Waals surface area contributed by atoms with E-state index in [9.17, 15) is 31.1 Å². The van der Waals surface area contributed by atoms with Crippen LogP contribution >= 0.6 is 0 Å². The van der Waals surface area contributed by atoms with Gasteiger partial charge in [-0.05, 0) is 48.7 Å². The molecule has 0 aliphatic carbocycles. The van der Waals surface area contributed by atoms with Crippen molar-refractivity contribution in [2.75, 3.05) is 18.0 Å². The maximum Gasteiger partial charge on any atom is 0.416 e. The van der Waals surface area contributed by atoms with Crippen LogP contribution in [-0.2, 0) is 17.4 Å². The lowest BCUT2D eigenvalue weighted by atomic mass is 9.95.